The number of nitrogens with zero attached hydrogens (tertiary/aromatic N) is 2. The Balaban J connectivity index is 4.05. The number of esters is 2. The van der Waals surface area contributed by atoms with E-state index in [-0.39, 0.29) is 11.9 Å². The largest absolute Gasteiger partial charge is 0.464 e. The van der Waals surface area contributed by atoms with Crippen LogP contribution in [0, 0.1) is 0 Å². The first kappa shape index (κ1) is 43.9. The molecule has 0 aromatic heterocycles. The van der Waals surface area contributed by atoms with Crippen LogP contribution in [0.3, 0.4) is 0 Å². The van der Waals surface area contributed by atoms with Crippen LogP contribution >= 0.6 is 0 Å². The lowest BCUT2D eigenvalue weighted by Crippen LogP contribution is -2.35. The molecule has 268 valence electrons. The van der Waals surface area contributed by atoms with Crippen LogP contribution in [0.1, 0.15) is 188 Å². The molecule has 0 spiro atoms. The summed E-state index contributed by atoms with van der Waals surface area (Å²) in [6.07, 6.45) is 30.3. The highest BCUT2D eigenvalue weighted by molar-refractivity contribution is 5.69. The maximum atomic E-state index is 12.3. The van der Waals surface area contributed by atoms with Crippen LogP contribution < -0.4 is 0 Å². The first-order chi connectivity index (χ1) is 22.1. The van der Waals surface area contributed by atoms with E-state index in [2.05, 4.69) is 37.5 Å². The number of carbonyl (C=O) groups excluding carboxylic acids is 2. The zero-order valence-corrected chi connectivity index (χ0v) is 30.9. The monoisotopic (exact) mass is 639 g/mol. The summed E-state index contributed by atoms with van der Waals surface area (Å²) in [5, 5.41) is 0. The summed E-state index contributed by atoms with van der Waals surface area (Å²) in [6, 6.07) is 0. The molecule has 0 atom stereocenters. The second kappa shape index (κ2) is 35.7. The molecule has 0 rings (SSSR count). The van der Waals surface area contributed by atoms with Crippen molar-refractivity contribution in [2.75, 3.05) is 52.5 Å². The molecular formula is C39H78N2O4. The summed E-state index contributed by atoms with van der Waals surface area (Å²) in [5.41, 5.74) is 0. The van der Waals surface area contributed by atoms with E-state index in [1.165, 1.54) is 116 Å². The van der Waals surface area contributed by atoms with E-state index in [1.807, 2.05) is 0 Å². The topological polar surface area (TPSA) is 59.1 Å². The Hall–Kier alpha value is -1.14. The molecule has 0 aliphatic heterocycles. The van der Waals surface area contributed by atoms with Gasteiger partial charge in [0.15, 0.2) is 0 Å². The number of unbranched alkanes of at least 4 members (excludes halogenated alkanes) is 20. The van der Waals surface area contributed by atoms with Gasteiger partial charge in [-0.1, -0.05) is 156 Å². The molecule has 0 amide bonds. The molecule has 0 aromatic rings. The lowest BCUT2D eigenvalue weighted by Gasteiger charge is -2.24. The third-order valence-corrected chi connectivity index (χ3v) is 9.15. The van der Waals surface area contributed by atoms with Gasteiger partial charge in [0.1, 0.15) is 13.2 Å². The number of ether oxygens (including phenoxy) is 2. The van der Waals surface area contributed by atoms with Gasteiger partial charge in [0.2, 0.25) is 0 Å². The van der Waals surface area contributed by atoms with E-state index >= 15 is 0 Å². The Morgan fingerprint density at radius 2 is 0.689 bits per heavy atom. The highest BCUT2D eigenvalue weighted by Gasteiger charge is 2.11. The molecule has 0 fully saturated rings. The number of rotatable bonds is 36. The molecule has 0 heterocycles. The Bertz CT molecular complexity index is 582. The summed E-state index contributed by atoms with van der Waals surface area (Å²) >= 11 is 0. The van der Waals surface area contributed by atoms with E-state index in [4.69, 9.17) is 9.47 Å². The quantitative estimate of drug-likeness (QED) is 0.0503. The van der Waals surface area contributed by atoms with Gasteiger partial charge in [0, 0.05) is 25.9 Å². The Morgan fingerprint density at radius 1 is 0.378 bits per heavy atom. The molecule has 0 radical (unpaired) electrons. The van der Waals surface area contributed by atoms with E-state index in [9.17, 15) is 9.59 Å². The van der Waals surface area contributed by atoms with E-state index in [0.717, 1.165) is 58.3 Å². The molecule has 0 N–H and O–H groups in total. The lowest BCUT2D eigenvalue weighted by atomic mass is 10.1. The van der Waals surface area contributed by atoms with Crippen LogP contribution in [-0.2, 0) is 19.1 Å². The maximum Gasteiger partial charge on any atom is 0.305 e. The van der Waals surface area contributed by atoms with Gasteiger partial charge in [0.25, 0.3) is 0 Å². The summed E-state index contributed by atoms with van der Waals surface area (Å²) < 4.78 is 11.2. The maximum absolute atomic E-state index is 12.3. The second-order valence-electron chi connectivity index (χ2n) is 13.2. The minimum atomic E-state index is -0.0765. The van der Waals surface area contributed by atoms with Crippen molar-refractivity contribution in [1.29, 1.82) is 0 Å². The summed E-state index contributed by atoms with van der Waals surface area (Å²) in [6.45, 7) is 15.2. The molecule has 0 saturated carbocycles. The third-order valence-electron chi connectivity index (χ3n) is 9.15. The molecule has 0 saturated heterocycles. The van der Waals surface area contributed by atoms with Gasteiger partial charge >= 0.3 is 11.9 Å². The van der Waals surface area contributed by atoms with Crippen molar-refractivity contribution in [2.45, 2.75) is 188 Å². The molecule has 0 aromatic carbocycles. The number of carbonyl (C=O) groups is 2. The van der Waals surface area contributed by atoms with E-state index in [0.29, 0.717) is 39.1 Å². The minimum absolute atomic E-state index is 0.0765. The van der Waals surface area contributed by atoms with Crippen molar-refractivity contribution in [3.8, 4) is 0 Å². The number of hydrogen-bond donors (Lipinski definition) is 0. The minimum Gasteiger partial charge on any atom is -0.464 e. The van der Waals surface area contributed by atoms with Crippen molar-refractivity contribution < 1.29 is 19.1 Å². The molecule has 45 heavy (non-hydrogen) atoms. The van der Waals surface area contributed by atoms with Crippen LogP contribution in [0.5, 0.6) is 0 Å². The van der Waals surface area contributed by atoms with Gasteiger partial charge in [-0.05, 0) is 45.4 Å². The summed E-state index contributed by atoms with van der Waals surface area (Å²) in [5.74, 6) is -0.153. The Kier molecular flexibility index (Phi) is 34.8. The van der Waals surface area contributed by atoms with E-state index in [1.54, 1.807) is 0 Å². The normalized spacial score (nSPS) is 11.5. The highest BCUT2D eigenvalue weighted by Crippen LogP contribution is 2.13. The zero-order chi connectivity index (χ0) is 33.1. The van der Waals surface area contributed by atoms with Gasteiger partial charge in [0.05, 0.1) is 0 Å². The highest BCUT2D eigenvalue weighted by atomic mass is 16.5. The fourth-order valence-corrected chi connectivity index (χ4v) is 5.98. The Labute approximate surface area is 281 Å². The standard InChI is InChI=1S/C39H78N2O4/c1-5-9-11-13-15-17-19-21-23-25-27-30-38(42)44-36-34-41(33-29-32-40(7-3)8-4)35-37-45-39(43)31-28-26-24-22-20-18-16-14-12-10-6-2/h5-37H2,1-4H3. The molecule has 6 nitrogen and oxygen atoms in total. The first-order valence-electron chi connectivity index (χ1n) is 19.8. The van der Waals surface area contributed by atoms with Gasteiger partial charge in [-0.25, -0.2) is 0 Å². The van der Waals surface area contributed by atoms with Crippen molar-refractivity contribution in [2.24, 2.45) is 0 Å². The SMILES string of the molecule is CCCCCCCCCCCCCC(=O)OCCN(CCCN(CC)CC)CCOC(=O)CCCCCCCCCCCCC. The lowest BCUT2D eigenvalue weighted by molar-refractivity contribution is -0.144. The fourth-order valence-electron chi connectivity index (χ4n) is 5.98. The van der Waals surface area contributed by atoms with E-state index < -0.39 is 0 Å². The van der Waals surface area contributed by atoms with Gasteiger partial charge < -0.3 is 14.4 Å². The van der Waals surface area contributed by atoms with Crippen molar-refractivity contribution >= 4 is 11.9 Å². The summed E-state index contributed by atoms with van der Waals surface area (Å²) in [4.78, 5) is 29.3. The first-order valence-corrected chi connectivity index (χ1v) is 19.8. The van der Waals surface area contributed by atoms with Crippen LogP contribution in [-0.4, -0.2) is 74.2 Å². The van der Waals surface area contributed by atoms with Crippen molar-refractivity contribution in [1.82, 2.24) is 9.80 Å². The number of hydrogen-bond acceptors (Lipinski definition) is 6. The van der Waals surface area contributed by atoms with Crippen LogP contribution in [0.15, 0.2) is 0 Å². The van der Waals surface area contributed by atoms with Crippen LogP contribution in [0.4, 0.5) is 0 Å². The average molecular weight is 639 g/mol. The average Bonchev–Trinajstić information content (AvgIpc) is 3.04. The van der Waals surface area contributed by atoms with Crippen molar-refractivity contribution in [3.63, 3.8) is 0 Å². The predicted octanol–water partition coefficient (Wildman–Crippen LogP) is 10.5. The predicted molar refractivity (Wildman–Crippen MR) is 193 cm³/mol. The molecule has 0 bridgehead atoms. The van der Waals surface area contributed by atoms with Crippen LogP contribution in [0.25, 0.3) is 0 Å². The molecule has 0 unspecified atom stereocenters. The van der Waals surface area contributed by atoms with Gasteiger partial charge in [-0.2, -0.15) is 0 Å². The smallest absolute Gasteiger partial charge is 0.305 e. The van der Waals surface area contributed by atoms with Crippen molar-refractivity contribution in [3.05, 3.63) is 0 Å². The third kappa shape index (κ3) is 32.6. The van der Waals surface area contributed by atoms with Crippen LogP contribution in [0.2, 0.25) is 0 Å². The fraction of sp³-hybridized carbons (Fsp3) is 0.949. The molecule has 0 aliphatic carbocycles. The second-order valence-corrected chi connectivity index (χ2v) is 13.2. The molecular weight excluding hydrogens is 560 g/mol. The van der Waals surface area contributed by atoms with Gasteiger partial charge in [-0.3, -0.25) is 14.5 Å². The summed E-state index contributed by atoms with van der Waals surface area (Å²) in [7, 11) is 0. The molecule has 6 heteroatoms. The zero-order valence-electron chi connectivity index (χ0n) is 30.9. The Morgan fingerprint density at radius 3 is 1.02 bits per heavy atom. The molecule has 0 aliphatic rings. The van der Waals surface area contributed by atoms with Gasteiger partial charge in [-0.15, -0.1) is 0 Å².